The van der Waals surface area contributed by atoms with Crippen molar-refractivity contribution in [2.45, 2.75) is 56.4 Å². The average Bonchev–Trinajstić information content (AvgIpc) is 2.92. The number of amides is 3. The highest BCUT2D eigenvalue weighted by atomic mass is 19.1. The third-order valence-corrected chi connectivity index (χ3v) is 6.59. The van der Waals surface area contributed by atoms with Crippen LogP contribution in [-0.2, 0) is 14.4 Å². The minimum absolute atomic E-state index is 0.0291. The van der Waals surface area contributed by atoms with E-state index in [0.717, 1.165) is 25.7 Å². The lowest BCUT2D eigenvalue weighted by Gasteiger charge is -2.39. The number of hydrogen-bond acceptors (Lipinski definition) is 3. The van der Waals surface area contributed by atoms with Crippen molar-refractivity contribution in [1.82, 2.24) is 15.1 Å². The topological polar surface area (TPSA) is 69.7 Å². The molecule has 0 aromatic heterocycles. The van der Waals surface area contributed by atoms with Crippen molar-refractivity contribution in [3.8, 4) is 0 Å². The second-order valence-electron chi connectivity index (χ2n) is 8.53. The largest absolute Gasteiger partial charge is 0.348 e. The van der Waals surface area contributed by atoms with Gasteiger partial charge in [-0.05, 0) is 37.3 Å². The van der Waals surface area contributed by atoms with Crippen LogP contribution in [0.3, 0.4) is 0 Å². The maximum Gasteiger partial charge on any atom is 0.242 e. The number of carbonyl (C=O) groups excluding carboxylic acids is 3. The fraction of sp³-hybridized carbons (Fsp3) is 0.591. The van der Waals surface area contributed by atoms with E-state index in [4.69, 9.17) is 0 Å². The highest BCUT2D eigenvalue weighted by Crippen LogP contribution is 2.42. The molecule has 3 aliphatic heterocycles. The first-order valence-electron chi connectivity index (χ1n) is 10.6. The summed E-state index contributed by atoms with van der Waals surface area (Å²) in [5.74, 6) is -0.750. The third kappa shape index (κ3) is 4.00. The van der Waals surface area contributed by atoms with Gasteiger partial charge in [0, 0.05) is 38.4 Å². The van der Waals surface area contributed by atoms with Crippen LogP contribution in [0.15, 0.2) is 24.3 Å². The Balaban J connectivity index is 1.56. The molecule has 0 radical (unpaired) electrons. The van der Waals surface area contributed by atoms with Gasteiger partial charge in [-0.15, -0.1) is 0 Å². The zero-order chi connectivity index (χ0) is 20.4. The highest BCUT2D eigenvalue weighted by Gasteiger charge is 2.51. The van der Waals surface area contributed by atoms with Crippen LogP contribution in [0.25, 0.3) is 0 Å². The van der Waals surface area contributed by atoms with Gasteiger partial charge < -0.3 is 15.1 Å². The van der Waals surface area contributed by atoms with Gasteiger partial charge >= 0.3 is 0 Å². The lowest BCUT2D eigenvalue weighted by atomic mass is 9.76. The molecule has 3 amide bonds. The first kappa shape index (κ1) is 19.9. The fourth-order valence-corrected chi connectivity index (χ4v) is 5.07. The Bertz CT molecular complexity index is 814. The molecule has 0 unspecified atom stereocenters. The van der Waals surface area contributed by atoms with Crippen LogP contribution in [0.5, 0.6) is 0 Å². The van der Waals surface area contributed by atoms with Crippen molar-refractivity contribution >= 4 is 17.7 Å². The fourth-order valence-electron chi connectivity index (χ4n) is 5.07. The second-order valence-corrected chi connectivity index (χ2v) is 8.53. The smallest absolute Gasteiger partial charge is 0.242 e. The number of benzene rings is 1. The van der Waals surface area contributed by atoms with Gasteiger partial charge in [-0.1, -0.05) is 24.6 Å². The van der Waals surface area contributed by atoms with Gasteiger partial charge in [0.1, 0.15) is 5.82 Å². The van der Waals surface area contributed by atoms with E-state index >= 15 is 0 Å². The van der Waals surface area contributed by atoms with Crippen LogP contribution in [-0.4, -0.2) is 59.2 Å². The van der Waals surface area contributed by atoms with Crippen LogP contribution in [0.1, 0.15) is 56.4 Å². The second kappa shape index (κ2) is 8.13. The van der Waals surface area contributed by atoms with Gasteiger partial charge in [-0.25, -0.2) is 4.39 Å². The molecule has 3 saturated heterocycles. The highest BCUT2D eigenvalue weighted by molar-refractivity contribution is 5.85. The number of halogens is 1. The van der Waals surface area contributed by atoms with Crippen molar-refractivity contribution < 1.29 is 18.8 Å². The summed E-state index contributed by atoms with van der Waals surface area (Å²) in [6.07, 6.45) is 5.18. The van der Waals surface area contributed by atoms with E-state index in [2.05, 4.69) is 5.32 Å². The van der Waals surface area contributed by atoms with E-state index in [0.29, 0.717) is 44.5 Å². The molecule has 1 aromatic rings. The van der Waals surface area contributed by atoms with Gasteiger partial charge in [-0.2, -0.15) is 0 Å². The number of piperidine rings is 1. The van der Waals surface area contributed by atoms with E-state index in [1.165, 1.54) is 6.07 Å². The van der Waals surface area contributed by atoms with Gasteiger partial charge in [0.05, 0.1) is 12.1 Å². The van der Waals surface area contributed by atoms with Crippen molar-refractivity contribution in [3.05, 3.63) is 35.6 Å². The Labute approximate surface area is 170 Å². The minimum Gasteiger partial charge on any atom is -0.348 e. The van der Waals surface area contributed by atoms with Gasteiger partial charge in [-0.3, -0.25) is 14.4 Å². The Morgan fingerprint density at radius 2 is 1.97 bits per heavy atom. The van der Waals surface area contributed by atoms with E-state index < -0.39 is 5.54 Å². The molecule has 4 rings (SSSR count). The predicted octanol–water partition coefficient (Wildman–Crippen LogP) is 2.19. The number of nitrogens with one attached hydrogen (secondary N) is 1. The summed E-state index contributed by atoms with van der Waals surface area (Å²) >= 11 is 0. The van der Waals surface area contributed by atoms with Gasteiger partial charge in [0.25, 0.3) is 0 Å². The average molecular weight is 401 g/mol. The van der Waals surface area contributed by atoms with Crippen molar-refractivity contribution in [2.75, 3.05) is 26.2 Å². The van der Waals surface area contributed by atoms with Crippen LogP contribution in [0.4, 0.5) is 4.39 Å². The molecule has 2 atom stereocenters. The molecule has 0 saturated carbocycles. The summed E-state index contributed by atoms with van der Waals surface area (Å²) in [5.41, 5.74) is -0.105. The molecule has 7 heteroatoms. The monoisotopic (exact) mass is 401 g/mol. The SMILES string of the molecule is O=C1CCC[C@]2(CN(C(=O)CN3CCCCCC3=O)C[C@H]2c2ccccc2F)N1. The molecule has 6 nitrogen and oxygen atoms in total. The van der Waals surface area contributed by atoms with E-state index in [1.807, 2.05) is 0 Å². The quantitative estimate of drug-likeness (QED) is 0.844. The Hall–Kier alpha value is -2.44. The van der Waals surface area contributed by atoms with Gasteiger partial charge in [0.15, 0.2) is 0 Å². The van der Waals surface area contributed by atoms with Crippen LogP contribution >= 0.6 is 0 Å². The first-order chi connectivity index (χ1) is 14.0. The molecule has 29 heavy (non-hydrogen) atoms. The van der Waals surface area contributed by atoms with Gasteiger partial charge in [0.2, 0.25) is 17.7 Å². The number of rotatable bonds is 3. The molecule has 0 bridgehead atoms. The molecular formula is C22H28FN3O3. The number of likely N-dealkylation sites (tertiary alicyclic amines) is 2. The Kier molecular flexibility index (Phi) is 5.56. The van der Waals surface area contributed by atoms with Crippen LogP contribution < -0.4 is 5.32 Å². The molecule has 3 heterocycles. The summed E-state index contributed by atoms with van der Waals surface area (Å²) in [5, 5.41) is 3.09. The summed E-state index contributed by atoms with van der Waals surface area (Å²) in [6.45, 7) is 1.38. The lowest BCUT2D eigenvalue weighted by Crippen LogP contribution is -2.56. The summed E-state index contributed by atoms with van der Waals surface area (Å²) in [6, 6.07) is 6.60. The Morgan fingerprint density at radius 3 is 2.76 bits per heavy atom. The molecular weight excluding hydrogens is 373 g/mol. The van der Waals surface area contributed by atoms with Crippen molar-refractivity contribution in [2.24, 2.45) is 0 Å². The van der Waals surface area contributed by atoms with Crippen LogP contribution in [0, 0.1) is 5.82 Å². The summed E-state index contributed by atoms with van der Waals surface area (Å²) in [4.78, 5) is 40.9. The molecule has 3 fully saturated rings. The standard InChI is InChI=1S/C22H28FN3O3/c23-18-8-4-3-7-16(18)17-13-26(15-22(17)11-6-9-19(27)24-22)21(29)14-25-12-5-1-2-10-20(25)28/h3-4,7-8,17H,1-2,5-6,9-15H2,(H,24,27)/t17-,22+/m0/s1. The van der Waals surface area contributed by atoms with E-state index in [-0.39, 0.29) is 36.0 Å². The third-order valence-electron chi connectivity index (χ3n) is 6.59. The molecule has 156 valence electrons. The molecule has 1 spiro atoms. The molecule has 0 aliphatic carbocycles. The minimum atomic E-state index is -0.643. The normalized spacial score (nSPS) is 27.8. The predicted molar refractivity (Wildman–Crippen MR) is 105 cm³/mol. The summed E-state index contributed by atoms with van der Waals surface area (Å²) < 4.78 is 14.6. The molecule has 1 N–H and O–H groups in total. The number of carbonyl (C=O) groups is 3. The maximum atomic E-state index is 14.6. The molecule has 1 aromatic carbocycles. The summed E-state index contributed by atoms with van der Waals surface area (Å²) in [7, 11) is 0. The number of nitrogens with zero attached hydrogens (tertiary/aromatic N) is 2. The Morgan fingerprint density at radius 1 is 1.14 bits per heavy atom. The maximum absolute atomic E-state index is 14.6. The first-order valence-corrected chi connectivity index (χ1v) is 10.6. The van der Waals surface area contributed by atoms with E-state index in [1.54, 1.807) is 28.0 Å². The van der Waals surface area contributed by atoms with Crippen molar-refractivity contribution in [3.63, 3.8) is 0 Å². The number of hydrogen-bond donors (Lipinski definition) is 1. The van der Waals surface area contributed by atoms with E-state index in [9.17, 15) is 18.8 Å². The lowest BCUT2D eigenvalue weighted by molar-refractivity contribution is -0.139. The van der Waals surface area contributed by atoms with Crippen molar-refractivity contribution in [1.29, 1.82) is 0 Å². The zero-order valence-electron chi connectivity index (χ0n) is 16.7. The molecule has 3 aliphatic rings. The van der Waals surface area contributed by atoms with Crippen LogP contribution in [0.2, 0.25) is 0 Å². The zero-order valence-corrected chi connectivity index (χ0v) is 16.7.